The molecule has 3 aromatic carbocycles. The van der Waals surface area contributed by atoms with Gasteiger partial charge in [0.2, 0.25) is 11.8 Å². The Balaban J connectivity index is 1.57. The highest BCUT2D eigenvalue weighted by Crippen LogP contribution is 2.60. The van der Waals surface area contributed by atoms with Crippen molar-refractivity contribution in [3.63, 3.8) is 0 Å². The van der Waals surface area contributed by atoms with Crippen LogP contribution in [-0.4, -0.2) is 60.3 Å². The summed E-state index contributed by atoms with van der Waals surface area (Å²) in [7, 11) is -2.47. The van der Waals surface area contributed by atoms with Gasteiger partial charge in [0.25, 0.3) is 10.0 Å². The lowest BCUT2D eigenvalue weighted by molar-refractivity contribution is -0.158. The Hall–Kier alpha value is -4.11. The summed E-state index contributed by atoms with van der Waals surface area (Å²) in [6, 6.07) is 22.1. The van der Waals surface area contributed by atoms with Gasteiger partial charge in [0.1, 0.15) is 18.2 Å². The highest BCUT2D eigenvalue weighted by molar-refractivity contribution is 7.92. The first kappa shape index (κ1) is 23.0. The molecule has 0 saturated carbocycles. The second-order valence-electron chi connectivity index (χ2n) is 10.3. The number of fused-ring (bicyclic) bond motifs is 6. The van der Waals surface area contributed by atoms with Crippen LogP contribution < -0.4 is 4.31 Å². The van der Waals surface area contributed by atoms with Gasteiger partial charge in [-0.1, -0.05) is 54.6 Å². The normalized spacial score (nSPS) is 26.6. The molecule has 0 unspecified atom stereocenters. The van der Waals surface area contributed by atoms with Gasteiger partial charge in [-0.25, -0.2) is 12.7 Å². The zero-order valence-corrected chi connectivity index (χ0v) is 21.7. The SMILES string of the molecule is C[C@H]1C(=O)N2[C@@H](C[C@]3(c4c[nH]c5ccccc45)c4ccccc4N(S(=O)(=O)c4ccccc4)[C@H]23)C(=O)N1C. The number of hydrogen-bond donors (Lipinski definition) is 1. The number of benzene rings is 3. The Labute approximate surface area is 220 Å². The number of amides is 2. The average molecular weight is 527 g/mol. The largest absolute Gasteiger partial charge is 0.361 e. The van der Waals surface area contributed by atoms with Gasteiger partial charge in [0, 0.05) is 24.1 Å². The van der Waals surface area contributed by atoms with Crippen molar-refractivity contribution >= 4 is 38.4 Å². The van der Waals surface area contributed by atoms with Crippen LogP contribution in [0.15, 0.2) is 90.0 Å². The maximum absolute atomic E-state index is 14.4. The van der Waals surface area contributed by atoms with E-state index in [4.69, 9.17) is 0 Å². The fourth-order valence-electron chi connectivity index (χ4n) is 6.74. The van der Waals surface area contributed by atoms with Crippen LogP contribution in [0, 0.1) is 0 Å². The summed E-state index contributed by atoms with van der Waals surface area (Å²) in [6.45, 7) is 1.69. The first-order valence-electron chi connectivity index (χ1n) is 12.6. The van der Waals surface area contributed by atoms with Crippen LogP contribution >= 0.6 is 0 Å². The third-order valence-electron chi connectivity index (χ3n) is 8.59. The van der Waals surface area contributed by atoms with Crippen molar-refractivity contribution in [2.24, 2.45) is 0 Å². The van der Waals surface area contributed by atoms with Crippen LogP contribution in [0.3, 0.4) is 0 Å². The third-order valence-corrected chi connectivity index (χ3v) is 10.4. The van der Waals surface area contributed by atoms with E-state index in [9.17, 15) is 18.0 Å². The maximum atomic E-state index is 14.4. The zero-order valence-electron chi connectivity index (χ0n) is 20.9. The molecule has 3 aliphatic rings. The molecule has 192 valence electrons. The van der Waals surface area contributed by atoms with Crippen LogP contribution in [0.2, 0.25) is 0 Å². The predicted molar refractivity (Wildman–Crippen MR) is 143 cm³/mol. The van der Waals surface area contributed by atoms with Gasteiger partial charge in [-0.2, -0.15) is 0 Å². The summed E-state index contributed by atoms with van der Waals surface area (Å²) in [6.07, 6.45) is 1.24. The number of para-hydroxylation sites is 2. The van der Waals surface area contributed by atoms with Gasteiger partial charge in [-0.05, 0) is 48.7 Å². The summed E-state index contributed by atoms with van der Waals surface area (Å²) in [5.41, 5.74) is 2.14. The topological polar surface area (TPSA) is 93.8 Å². The molecule has 2 saturated heterocycles. The summed E-state index contributed by atoms with van der Waals surface area (Å²) in [4.78, 5) is 34.1. The van der Waals surface area contributed by atoms with Gasteiger partial charge in [0.05, 0.1) is 16.0 Å². The Morgan fingerprint density at radius 1 is 0.868 bits per heavy atom. The maximum Gasteiger partial charge on any atom is 0.266 e. The number of carbonyl (C=O) groups excluding carboxylic acids is 2. The highest BCUT2D eigenvalue weighted by Gasteiger charge is 2.68. The summed E-state index contributed by atoms with van der Waals surface area (Å²) in [5.74, 6) is -0.440. The first-order valence-corrected chi connectivity index (χ1v) is 14.1. The van der Waals surface area contributed by atoms with Crippen LogP contribution in [0.1, 0.15) is 24.5 Å². The summed E-state index contributed by atoms with van der Waals surface area (Å²) < 4.78 is 30.2. The number of rotatable bonds is 3. The molecule has 2 fully saturated rings. The molecule has 3 aliphatic heterocycles. The smallest absolute Gasteiger partial charge is 0.266 e. The minimum atomic E-state index is -4.11. The monoisotopic (exact) mass is 526 g/mol. The molecular weight excluding hydrogens is 500 g/mol. The number of anilines is 1. The van der Waals surface area contributed by atoms with E-state index in [1.165, 1.54) is 9.21 Å². The predicted octanol–water partition coefficient (Wildman–Crippen LogP) is 3.45. The number of aromatic nitrogens is 1. The molecule has 1 aromatic heterocycles. The second kappa shape index (κ2) is 7.70. The number of likely N-dealkylation sites (N-methyl/N-ethyl adjacent to an activating group) is 1. The van der Waals surface area contributed by atoms with Crippen molar-refractivity contribution in [3.8, 4) is 0 Å². The molecule has 7 rings (SSSR count). The Morgan fingerprint density at radius 3 is 2.34 bits per heavy atom. The third kappa shape index (κ3) is 2.71. The molecule has 4 atom stereocenters. The van der Waals surface area contributed by atoms with Crippen molar-refractivity contribution in [1.82, 2.24) is 14.8 Å². The number of carbonyl (C=O) groups is 2. The van der Waals surface area contributed by atoms with Crippen LogP contribution in [-0.2, 0) is 25.0 Å². The van der Waals surface area contributed by atoms with Crippen molar-refractivity contribution < 1.29 is 18.0 Å². The average Bonchev–Trinajstić information content (AvgIpc) is 3.60. The van der Waals surface area contributed by atoms with Crippen LogP contribution in [0.4, 0.5) is 5.69 Å². The molecule has 1 N–H and O–H groups in total. The zero-order chi connectivity index (χ0) is 26.4. The van der Waals surface area contributed by atoms with Crippen molar-refractivity contribution in [2.45, 2.75) is 41.9 Å². The molecule has 8 nitrogen and oxygen atoms in total. The van der Waals surface area contributed by atoms with E-state index in [2.05, 4.69) is 4.98 Å². The summed E-state index contributed by atoms with van der Waals surface area (Å²) >= 11 is 0. The molecule has 4 heterocycles. The van der Waals surface area contributed by atoms with Crippen molar-refractivity contribution in [1.29, 1.82) is 0 Å². The molecule has 0 spiro atoms. The van der Waals surface area contributed by atoms with Gasteiger partial charge < -0.3 is 14.8 Å². The summed E-state index contributed by atoms with van der Waals surface area (Å²) in [5, 5.41) is 0.937. The van der Waals surface area contributed by atoms with Gasteiger partial charge in [-0.3, -0.25) is 9.59 Å². The van der Waals surface area contributed by atoms with Crippen molar-refractivity contribution in [2.75, 3.05) is 11.4 Å². The standard InChI is InChI=1S/C29H26N4O4S/c1-18-26(34)32-25(27(35)31(18)2)16-29(22-17-30-23-14-8-6-12-20(22)23)21-13-7-9-15-24(21)33(28(29)32)38(36,37)19-10-4-3-5-11-19/h3-15,17-18,25,28,30H,16H2,1-2H3/t18-,25-,28-,29+/m0/s1. The van der Waals surface area contributed by atoms with E-state index in [0.717, 1.165) is 22.0 Å². The molecule has 0 bridgehead atoms. The van der Waals surface area contributed by atoms with Gasteiger partial charge in [-0.15, -0.1) is 0 Å². The van der Waals surface area contributed by atoms with Crippen LogP contribution in [0.5, 0.6) is 0 Å². The fourth-order valence-corrected chi connectivity index (χ4v) is 8.43. The molecule has 38 heavy (non-hydrogen) atoms. The molecule has 0 aliphatic carbocycles. The number of nitrogens with one attached hydrogen (secondary N) is 1. The number of piperazine rings is 1. The van der Waals surface area contributed by atoms with E-state index in [0.29, 0.717) is 5.69 Å². The molecule has 2 amide bonds. The Bertz CT molecular complexity index is 1730. The van der Waals surface area contributed by atoms with Crippen molar-refractivity contribution in [3.05, 3.63) is 96.2 Å². The van der Waals surface area contributed by atoms with Gasteiger partial charge >= 0.3 is 0 Å². The lowest BCUT2D eigenvalue weighted by Crippen LogP contribution is -2.65. The van der Waals surface area contributed by atoms with Gasteiger partial charge in [0.15, 0.2) is 0 Å². The minimum absolute atomic E-state index is 0.133. The number of aromatic amines is 1. The number of H-pyrrole nitrogens is 1. The lowest BCUT2D eigenvalue weighted by atomic mass is 9.72. The van der Waals surface area contributed by atoms with Crippen LogP contribution in [0.25, 0.3) is 10.9 Å². The molecule has 4 aromatic rings. The molecule has 0 radical (unpaired) electrons. The molecular formula is C29H26N4O4S. The lowest BCUT2D eigenvalue weighted by Gasteiger charge is -2.44. The Kier molecular flexibility index (Phi) is 4.67. The number of hydrogen-bond acceptors (Lipinski definition) is 4. The highest BCUT2D eigenvalue weighted by atomic mass is 32.2. The fraction of sp³-hybridized carbons (Fsp3) is 0.241. The van der Waals surface area contributed by atoms with E-state index in [-0.39, 0.29) is 23.1 Å². The van der Waals surface area contributed by atoms with E-state index < -0.39 is 33.7 Å². The molecule has 9 heteroatoms. The number of nitrogens with zero attached hydrogens (tertiary/aromatic N) is 3. The second-order valence-corrected chi connectivity index (χ2v) is 12.1. The minimum Gasteiger partial charge on any atom is -0.361 e. The van der Waals surface area contributed by atoms with E-state index in [1.807, 2.05) is 48.7 Å². The first-order chi connectivity index (χ1) is 18.3. The Morgan fingerprint density at radius 2 is 1.55 bits per heavy atom. The van der Waals surface area contributed by atoms with E-state index >= 15 is 0 Å². The number of sulfonamides is 1. The van der Waals surface area contributed by atoms with E-state index in [1.54, 1.807) is 55.3 Å². The quantitative estimate of drug-likeness (QED) is 0.443.